The van der Waals surface area contributed by atoms with E-state index in [9.17, 15) is 9.18 Å². The molecule has 0 atom stereocenters. The van der Waals surface area contributed by atoms with Crippen LogP contribution in [-0.2, 0) is 17.3 Å². The lowest BCUT2D eigenvalue weighted by Gasteiger charge is -2.32. The normalized spacial score (nSPS) is 19.4. The van der Waals surface area contributed by atoms with Crippen LogP contribution < -0.4 is 4.90 Å². The highest BCUT2D eigenvalue weighted by atomic mass is 127. The van der Waals surface area contributed by atoms with Gasteiger partial charge in [-0.15, -0.1) is 0 Å². The van der Waals surface area contributed by atoms with E-state index in [0.29, 0.717) is 11.3 Å². The largest absolute Gasteiger partial charge is 0.273 e. The Kier molecular flexibility index (Phi) is 3.48. The van der Waals surface area contributed by atoms with Gasteiger partial charge < -0.3 is 0 Å². The van der Waals surface area contributed by atoms with E-state index in [-0.39, 0.29) is 11.7 Å². The maximum Gasteiger partial charge on any atom is 0.243 e. The van der Waals surface area contributed by atoms with Gasteiger partial charge in [0.25, 0.3) is 0 Å². The lowest BCUT2D eigenvalue weighted by Crippen LogP contribution is -2.41. The van der Waals surface area contributed by atoms with E-state index in [1.54, 1.807) is 21.8 Å². The van der Waals surface area contributed by atoms with Crippen molar-refractivity contribution in [3.05, 3.63) is 39.3 Å². The van der Waals surface area contributed by atoms with Crippen molar-refractivity contribution in [3.63, 3.8) is 0 Å². The first kappa shape index (κ1) is 15.1. The average Bonchev–Trinajstić information content (AvgIpc) is 2.98. The number of amides is 1. The first-order valence-electron chi connectivity index (χ1n) is 7.87. The summed E-state index contributed by atoms with van der Waals surface area (Å²) in [6.45, 7) is 0. The van der Waals surface area contributed by atoms with Crippen LogP contribution in [0.3, 0.4) is 0 Å². The van der Waals surface area contributed by atoms with Crippen LogP contribution in [0.25, 0.3) is 0 Å². The number of carbonyl (C=O) groups is 1. The van der Waals surface area contributed by atoms with Crippen molar-refractivity contribution in [3.8, 4) is 0 Å². The van der Waals surface area contributed by atoms with Gasteiger partial charge in [-0.1, -0.05) is 25.3 Å². The second-order valence-electron chi connectivity index (χ2n) is 6.36. The number of anilines is 2. The molecule has 23 heavy (non-hydrogen) atoms. The van der Waals surface area contributed by atoms with Gasteiger partial charge >= 0.3 is 0 Å². The Morgan fingerprint density at radius 1 is 1.26 bits per heavy atom. The third-order valence-corrected chi connectivity index (χ3v) is 5.87. The molecule has 0 N–H and O–H groups in total. The molecule has 0 radical (unpaired) electrons. The molecule has 1 aliphatic heterocycles. The number of hydrogen-bond donors (Lipinski definition) is 0. The van der Waals surface area contributed by atoms with Crippen LogP contribution in [0.15, 0.2) is 24.4 Å². The van der Waals surface area contributed by atoms with E-state index >= 15 is 0 Å². The van der Waals surface area contributed by atoms with Crippen molar-refractivity contribution < 1.29 is 9.18 Å². The molecule has 0 unspecified atom stereocenters. The number of aryl methyl sites for hydroxylation is 1. The lowest BCUT2D eigenvalue weighted by molar-refractivity contribution is -0.123. The number of rotatable bonds is 1. The van der Waals surface area contributed by atoms with Gasteiger partial charge in [0.15, 0.2) is 5.82 Å². The van der Waals surface area contributed by atoms with Gasteiger partial charge in [0, 0.05) is 12.6 Å². The summed E-state index contributed by atoms with van der Waals surface area (Å²) in [5.74, 6) is 0.459. The van der Waals surface area contributed by atoms with Crippen molar-refractivity contribution >= 4 is 40.0 Å². The van der Waals surface area contributed by atoms with E-state index in [0.717, 1.165) is 41.5 Å². The van der Waals surface area contributed by atoms with E-state index in [1.807, 2.05) is 13.1 Å². The lowest BCUT2D eigenvalue weighted by atomic mass is 9.70. The number of benzene rings is 1. The summed E-state index contributed by atoms with van der Waals surface area (Å²) in [7, 11) is 1.82. The van der Waals surface area contributed by atoms with E-state index in [2.05, 4.69) is 27.7 Å². The van der Waals surface area contributed by atoms with Crippen LogP contribution in [0.4, 0.5) is 15.9 Å². The summed E-state index contributed by atoms with van der Waals surface area (Å²) in [5.41, 5.74) is 0.562. The first-order chi connectivity index (χ1) is 11.1. The van der Waals surface area contributed by atoms with Crippen LogP contribution in [0, 0.1) is 9.39 Å². The average molecular weight is 425 g/mol. The van der Waals surface area contributed by atoms with Crippen molar-refractivity contribution in [1.29, 1.82) is 0 Å². The Morgan fingerprint density at radius 2 is 2.00 bits per heavy atom. The summed E-state index contributed by atoms with van der Waals surface area (Å²) in [4.78, 5) is 15.1. The number of carbonyl (C=O) groups excluding carboxylic acids is 1. The van der Waals surface area contributed by atoms with Crippen LogP contribution in [0.1, 0.15) is 37.7 Å². The smallest absolute Gasteiger partial charge is 0.243 e. The molecule has 4 rings (SSSR count). The second kappa shape index (κ2) is 5.29. The summed E-state index contributed by atoms with van der Waals surface area (Å²) in [6.07, 6.45) is 6.23. The molecular formula is C17H17FIN3O. The highest BCUT2D eigenvalue weighted by molar-refractivity contribution is 14.1. The van der Waals surface area contributed by atoms with Gasteiger partial charge in [-0.25, -0.2) is 4.39 Å². The Hall–Kier alpha value is -1.44. The molecule has 0 bridgehead atoms. The van der Waals surface area contributed by atoms with Gasteiger partial charge in [0.05, 0.1) is 20.9 Å². The molecule has 1 aliphatic carbocycles. The van der Waals surface area contributed by atoms with Gasteiger partial charge in [-0.05, 0) is 47.6 Å². The molecule has 120 valence electrons. The topological polar surface area (TPSA) is 38.1 Å². The van der Waals surface area contributed by atoms with Crippen molar-refractivity contribution in [2.75, 3.05) is 4.90 Å². The fourth-order valence-electron chi connectivity index (χ4n) is 4.09. The number of halogens is 2. The maximum absolute atomic E-state index is 14.7. The summed E-state index contributed by atoms with van der Waals surface area (Å²) >= 11 is 2.18. The fraction of sp³-hybridized carbons (Fsp3) is 0.412. The highest BCUT2D eigenvalue weighted by Gasteiger charge is 2.53. The summed E-state index contributed by atoms with van der Waals surface area (Å²) in [6, 6.07) is 5.00. The van der Waals surface area contributed by atoms with Gasteiger partial charge in [-0.3, -0.25) is 14.4 Å². The van der Waals surface area contributed by atoms with Crippen molar-refractivity contribution in [1.82, 2.24) is 9.78 Å². The van der Waals surface area contributed by atoms with Crippen LogP contribution >= 0.6 is 22.6 Å². The van der Waals surface area contributed by atoms with Gasteiger partial charge in [-0.2, -0.15) is 5.10 Å². The minimum absolute atomic E-state index is 0.00110. The number of fused-ring (bicyclic) bond motifs is 2. The molecule has 1 amide bonds. The zero-order chi connectivity index (χ0) is 16.2. The van der Waals surface area contributed by atoms with Crippen LogP contribution in [0.5, 0.6) is 0 Å². The van der Waals surface area contributed by atoms with E-state index in [4.69, 9.17) is 0 Å². The Morgan fingerprint density at radius 3 is 2.65 bits per heavy atom. The molecule has 0 saturated heterocycles. The number of hydrogen-bond acceptors (Lipinski definition) is 2. The fourth-order valence-corrected chi connectivity index (χ4v) is 4.80. The third-order valence-electron chi connectivity index (χ3n) is 5.11. The van der Waals surface area contributed by atoms with Crippen molar-refractivity contribution in [2.45, 2.75) is 37.5 Å². The highest BCUT2D eigenvalue weighted by Crippen LogP contribution is 2.53. The van der Waals surface area contributed by atoms with Crippen molar-refractivity contribution in [2.24, 2.45) is 7.05 Å². The molecule has 1 saturated carbocycles. The van der Waals surface area contributed by atoms with Crippen LogP contribution in [0.2, 0.25) is 0 Å². The van der Waals surface area contributed by atoms with E-state index < -0.39 is 5.41 Å². The summed E-state index contributed by atoms with van der Waals surface area (Å²) in [5, 5.41) is 4.25. The molecule has 2 aliphatic rings. The van der Waals surface area contributed by atoms with Crippen LogP contribution in [-0.4, -0.2) is 15.7 Å². The third kappa shape index (κ3) is 2.00. The number of aromatic nitrogens is 2. The molecule has 6 heteroatoms. The first-order valence-corrected chi connectivity index (χ1v) is 8.95. The Balaban J connectivity index is 1.97. The SMILES string of the molecule is Cn1ncc(I)c1N1C(=O)C2(CCCCC2)c2c(F)cccc21. The number of nitrogens with zero attached hydrogens (tertiary/aromatic N) is 3. The predicted molar refractivity (Wildman–Crippen MR) is 94.2 cm³/mol. The minimum atomic E-state index is -0.702. The summed E-state index contributed by atoms with van der Waals surface area (Å²) < 4.78 is 17.3. The van der Waals surface area contributed by atoms with Gasteiger partial charge in [0.2, 0.25) is 5.91 Å². The second-order valence-corrected chi connectivity index (χ2v) is 7.52. The minimum Gasteiger partial charge on any atom is -0.273 e. The molecule has 4 nitrogen and oxygen atoms in total. The monoisotopic (exact) mass is 425 g/mol. The zero-order valence-corrected chi connectivity index (χ0v) is 15.0. The van der Waals surface area contributed by atoms with Gasteiger partial charge in [0.1, 0.15) is 5.82 Å². The Labute approximate surface area is 147 Å². The molecule has 1 aromatic carbocycles. The standard InChI is InChI=1S/C17H17FIN3O/c1-21-15(12(19)10-20-21)22-13-7-5-6-11(18)14(13)17(16(22)23)8-3-2-4-9-17/h5-7,10H,2-4,8-9H2,1H3. The predicted octanol–water partition coefficient (Wildman–Crippen LogP) is 4.04. The molecule has 1 spiro atoms. The van der Waals surface area contributed by atoms with E-state index in [1.165, 1.54) is 6.07 Å². The molecular weight excluding hydrogens is 408 g/mol. The zero-order valence-electron chi connectivity index (χ0n) is 12.9. The molecule has 2 aromatic rings. The Bertz CT molecular complexity index is 776. The quantitative estimate of drug-likeness (QED) is 0.647. The molecule has 1 fully saturated rings. The molecule has 1 aromatic heterocycles. The maximum atomic E-state index is 14.7. The molecule has 2 heterocycles.